The molecule has 0 saturated carbocycles. The van der Waals surface area contributed by atoms with Crippen molar-refractivity contribution in [1.82, 2.24) is 4.90 Å². The van der Waals surface area contributed by atoms with Crippen LogP contribution in [0.5, 0.6) is 0 Å². The number of hydrogen-bond donors (Lipinski definition) is 1. The quantitative estimate of drug-likeness (QED) is 0.851. The number of aliphatic hydroxyl groups is 1. The third-order valence-corrected chi connectivity index (χ3v) is 2.77. The van der Waals surface area contributed by atoms with Gasteiger partial charge < -0.3 is 9.52 Å². The van der Waals surface area contributed by atoms with Crippen molar-refractivity contribution in [1.29, 1.82) is 0 Å². The molecule has 0 fully saturated rings. The maximum atomic E-state index is 8.78. The molecule has 0 atom stereocenters. The molecule has 1 N–H and O–H groups in total. The van der Waals surface area contributed by atoms with E-state index >= 15 is 0 Å². The maximum absolute atomic E-state index is 8.78. The van der Waals surface area contributed by atoms with Gasteiger partial charge in [-0.2, -0.15) is 0 Å². The van der Waals surface area contributed by atoms with E-state index in [1.165, 1.54) is 0 Å². The van der Waals surface area contributed by atoms with E-state index in [1.807, 2.05) is 37.4 Å². The molecule has 0 aliphatic heterocycles. The Bertz CT molecular complexity index is 564. The number of hydrogen-bond acceptors (Lipinski definition) is 3. The number of aliphatic hydroxyl groups excluding tert-OH is 1. The fourth-order valence-electron chi connectivity index (χ4n) is 1.93. The molecule has 98 valence electrons. The Labute approximate surface area is 113 Å². The van der Waals surface area contributed by atoms with Crippen LogP contribution in [0, 0.1) is 11.8 Å². The van der Waals surface area contributed by atoms with Gasteiger partial charge in [0.05, 0.1) is 12.8 Å². The van der Waals surface area contributed by atoms with Gasteiger partial charge >= 0.3 is 0 Å². The lowest BCUT2D eigenvalue weighted by atomic mass is 10.1. The van der Waals surface area contributed by atoms with E-state index in [-0.39, 0.29) is 6.61 Å². The average molecular weight is 255 g/mol. The summed E-state index contributed by atoms with van der Waals surface area (Å²) in [6, 6.07) is 11.8. The summed E-state index contributed by atoms with van der Waals surface area (Å²) in [4.78, 5) is 2.16. The molecular formula is C16H17NO2. The lowest BCUT2D eigenvalue weighted by Crippen LogP contribution is -2.17. The van der Waals surface area contributed by atoms with Crippen LogP contribution in [0.2, 0.25) is 0 Å². The number of benzene rings is 1. The minimum atomic E-state index is -0.115. The highest BCUT2D eigenvalue weighted by atomic mass is 16.3. The van der Waals surface area contributed by atoms with Crippen LogP contribution in [0.3, 0.4) is 0 Å². The van der Waals surface area contributed by atoms with Gasteiger partial charge in [-0.25, -0.2) is 0 Å². The zero-order chi connectivity index (χ0) is 13.5. The molecule has 1 aromatic heterocycles. The predicted molar refractivity (Wildman–Crippen MR) is 74.3 cm³/mol. The minimum absolute atomic E-state index is 0.115. The summed E-state index contributed by atoms with van der Waals surface area (Å²) < 4.78 is 5.33. The zero-order valence-corrected chi connectivity index (χ0v) is 11.0. The van der Waals surface area contributed by atoms with Crippen LogP contribution >= 0.6 is 0 Å². The summed E-state index contributed by atoms with van der Waals surface area (Å²) in [5.41, 5.74) is 2.11. The third kappa shape index (κ3) is 3.99. The first kappa shape index (κ1) is 13.4. The Morgan fingerprint density at radius 3 is 2.74 bits per heavy atom. The van der Waals surface area contributed by atoms with Gasteiger partial charge in [-0.1, -0.05) is 30.0 Å². The molecular weight excluding hydrogens is 238 g/mol. The van der Waals surface area contributed by atoms with E-state index in [4.69, 9.17) is 9.52 Å². The first-order chi connectivity index (χ1) is 9.29. The van der Waals surface area contributed by atoms with Crippen LogP contribution in [0.1, 0.15) is 16.9 Å². The summed E-state index contributed by atoms with van der Waals surface area (Å²) in [6.45, 7) is 1.43. The molecule has 0 aliphatic carbocycles. The number of nitrogens with zero attached hydrogens (tertiary/aromatic N) is 1. The Morgan fingerprint density at radius 2 is 2.00 bits per heavy atom. The predicted octanol–water partition coefficient (Wildman–Crippen LogP) is 2.26. The van der Waals surface area contributed by atoms with Crippen molar-refractivity contribution in [2.75, 3.05) is 13.7 Å². The van der Waals surface area contributed by atoms with Gasteiger partial charge in [0, 0.05) is 12.1 Å². The molecule has 3 heteroatoms. The van der Waals surface area contributed by atoms with Gasteiger partial charge in [0.1, 0.15) is 12.4 Å². The van der Waals surface area contributed by atoms with Gasteiger partial charge in [0.2, 0.25) is 0 Å². The van der Waals surface area contributed by atoms with E-state index in [2.05, 4.69) is 22.8 Å². The fraction of sp³-hybridized carbons (Fsp3) is 0.250. The van der Waals surface area contributed by atoms with Gasteiger partial charge in [-0.15, -0.1) is 0 Å². The van der Waals surface area contributed by atoms with Gasteiger partial charge in [-0.05, 0) is 30.8 Å². The van der Waals surface area contributed by atoms with E-state index in [9.17, 15) is 0 Å². The van der Waals surface area contributed by atoms with Crippen LogP contribution in [-0.2, 0) is 13.1 Å². The van der Waals surface area contributed by atoms with E-state index in [1.54, 1.807) is 6.26 Å². The van der Waals surface area contributed by atoms with Crippen LogP contribution in [-0.4, -0.2) is 23.7 Å². The van der Waals surface area contributed by atoms with Crippen molar-refractivity contribution in [3.63, 3.8) is 0 Å². The van der Waals surface area contributed by atoms with E-state index in [0.717, 1.165) is 30.0 Å². The first-order valence-electron chi connectivity index (χ1n) is 6.18. The standard InChI is InChI=1S/C16H17NO2/c1-17(13-16-9-5-11-19-16)12-15-7-3-2-6-14(15)8-4-10-18/h2-3,5-7,9,11,18H,10,12-13H2,1H3. The molecule has 0 radical (unpaired) electrons. The molecule has 2 aromatic rings. The summed E-state index contributed by atoms with van der Waals surface area (Å²) in [7, 11) is 2.04. The summed E-state index contributed by atoms with van der Waals surface area (Å²) >= 11 is 0. The summed E-state index contributed by atoms with van der Waals surface area (Å²) in [6.07, 6.45) is 1.68. The molecule has 0 amide bonds. The van der Waals surface area contributed by atoms with Gasteiger partial charge in [0.25, 0.3) is 0 Å². The Hall–Kier alpha value is -2.02. The van der Waals surface area contributed by atoms with Crippen molar-refractivity contribution < 1.29 is 9.52 Å². The largest absolute Gasteiger partial charge is 0.468 e. The second kappa shape index (κ2) is 6.79. The van der Waals surface area contributed by atoms with E-state index in [0.29, 0.717) is 0 Å². The molecule has 3 nitrogen and oxygen atoms in total. The molecule has 0 aliphatic rings. The normalized spacial score (nSPS) is 10.3. The minimum Gasteiger partial charge on any atom is -0.468 e. The number of rotatable bonds is 4. The number of furan rings is 1. The summed E-state index contributed by atoms with van der Waals surface area (Å²) in [5, 5.41) is 8.78. The second-order valence-corrected chi connectivity index (χ2v) is 4.37. The van der Waals surface area contributed by atoms with Crippen molar-refractivity contribution in [3.8, 4) is 11.8 Å². The highest BCUT2D eigenvalue weighted by Gasteiger charge is 2.06. The van der Waals surface area contributed by atoms with Crippen LogP contribution in [0.15, 0.2) is 47.1 Å². The van der Waals surface area contributed by atoms with Crippen LogP contribution in [0.25, 0.3) is 0 Å². The lowest BCUT2D eigenvalue weighted by Gasteiger charge is -2.16. The highest BCUT2D eigenvalue weighted by Crippen LogP contribution is 2.12. The Morgan fingerprint density at radius 1 is 1.16 bits per heavy atom. The molecule has 0 unspecified atom stereocenters. The summed E-state index contributed by atoms with van der Waals surface area (Å²) in [5.74, 6) is 6.62. The van der Waals surface area contributed by atoms with Gasteiger partial charge in [0.15, 0.2) is 0 Å². The lowest BCUT2D eigenvalue weighted by molar-refractivity contribution is 0.287. The van der Waals surface area contributed by atoms with Crippen LogP contribution < -0.4 is 0 Å². The topological polar surface area (TPSA) is 36.6 Å². The van der Waals surface area contributed by atoms with Crippen molar-refractivity contribution in [2.45, 2.75) is 13.1 Å². The monoisotopic (exact) mass is 255 g/mol. The molecule has 2 rings (SSSR count). The molecule has 0 saturated heterocycles. The third-order valence-electron chi connectivity index (χ3n) is 2.77. The molecule has 1 aromatic carbocycles. The SMILES string of the molecule is CN(Cc1ccco1)Cc1ccccc1C#CCO. The van der Waals surface area contributed by atoms with Crippen LogP contribution in [0.4, 0.5) is 0 Å². The second-order valence-electron chi connectivity index (χ2n) is 4.37. The molecule has 0 bridgehead atoms. The zero-order valence-electron chi connectivity index (χ0n) is 11.0. The maximum Gasteiger partial charge on any atom is 0.117 e. The smallest absolute Gasteiger partial charge is 0.117 e. The highest BCUT2D eigenvalue weighted by molar-refractivity contribution is 5.41. The molecule has 19 heavy (non-hydrogen) atoms. The first-order valence-corrected chi connectivity index (χ1v) is 6.18. The van der Waals surface area contributed by atoms with Crippen molar-refractivity contribution in [3.05, 3.63) is 59.5 Å². The fourth-order valence-corrected chi connectivity index (χ4v) is 1.93. The Balaban J connectivity index is 2.06. The van der Waals surface area contributed by atoms with Gasteiger partial charge in [-0.3, -0.25) is 4.90 Å². The van der Waals surface area contributed by atoms with Crippen molar-refractivity contribution >= 4 is 0 Å². The van der Waals surface area contributed by atoms with Crippen molar-refractivity contribution in [2.24, 2.45) is 0 Å². The Kier molecular flexibility index (Phi) is 4.79. The average Bonchev–Trinajstić information content (AvgIpc) is 2.90. The van der Waals surface area contributed by atoms with E-state index < -0.39 is 0 Å². The molecule has 1 heterocycles. The molecule has 0 spiro atoms.